The molecule has 7 rings (SSSR count). The van der Waals surface area contributed by atoms with Crippen molar-refractivity contribution in [3.8, 4) is 11.1 Å². The zero-order chi connectivity index (χ0) is 36.0. The molecule has 1 unspecified atom stereocenters. The molecule has 0 spiro atoms. The third-order valence-electron chi connectivity index (χ3n) is 10.8. The fourth-order valence-electron chi connectivity index (χ4n) is 7.66. The van der Waals surface area contributed by atoms with E-state index in [1.165, 1.54) is 5.39 Å². The number of benzene rings is 5. The van der Waals surface area contributed by atoms with Crippen molar-refractivity contribution in [2.75, 3.05) is 4.90 Å². The highest BCUT2D eigenvalue weighted by Crippen LogP contribution is 2.37. The van der Waals surface area contributed by atoms with Crippen molar-refractivity contribution in [1.29, 1.82) is 0 Å². The van der Waals surface area contributed by atoms with Crippen LogP contribution in [0.3, 0.4) is 0 Å². The number of amides is 3. The molecule has 3 N–H and O–H groups in total. The summed E-state index contributed by atoms with van der Waals surface area (Å²) in [4.78, 5) is 48.8. The number of nitrogens with zero attached hydrogens (tertiary/aromatic N) is 2. The van der Waals surface area contributed by atoms with Gasteiger partial charge in [-0.15, -0.1) is 0 Å². The van der Waals surface area contributed by atoms with Crippen LogP contribution in [0.1, 0.15) is 68.6 Å². The topological polar surface area (TPSA) is 105 Å². The molecule has 2 aliphatic rings. The summed E-state index contributed by atoms with van der Waals surface area (Å²) in [5.41, 5.74) is 12.0. The zero-order valence-corrected chi connectivity index (χ0v) is 29.7. The van der Waals surface area contributed by atoms with Gasteiger partial charge in [-0.1, -0.05) is 142 Å². The van der Waals surface area contributed by atoms with E-state index in [0.717, 1.165) is 65.3 Å². The molecule has 1 aliphatic heterocycles. The van der Waals surface area contributed by atoms with Gasteiger partial charge in [0.15, 0.2) is 0 Å². The third-order valence-corrected chi connectivity index (χ3v) is 10.8. The van der Waals surface area contributed by atoms with Gasteiger partial charge in [-0.25, -0.2) is 4.99 Å². The molecule has 1 aliphatic carbocycles. The fourth-order valence-corrected chi connectivity index (χ4v) is 7.66. The first-order chi connectivity index (χ1) is 25.4. The van der Waals surface area contributed by atoms with E-state index in [0.29, 0.717) is 30.2 Å². The number of rotatable bonds is 13. The number of para-hydroxylation sites is 1. The molecule has 5 aromatic carbocycles. The lowest BCUT2D eigenvalue weighted by molar-refractivity contribution is -0.136. The zero-order valence-electron chi connectivity index (χ0n) is 29.7. The van der Waals surface area contributed by atoms with Crippen LogP contribution in [0, 0.1) is 17.8 Å². The van der Waals surface area contributed by atoms with Crippen LogP contribution in [0.5, 0.6) is 0 Å². The Kier molecular flexibility index (Phi) is 10.6. The van der Waals surface area contributed by atoms with E-state index in [2.05, 4.69) is 54.7 Å². The Bertz CT molecular complexity index is 2100. The highest BCUT2D eigenvalue weighted by molar-refractivity contribution is 6.20. The molecule has 1 fully saturated rings. The van der Waals surface area contributed by atoms with E-state index in [1.807, 2.05) is 78.9 Å². The number of nitrogens with two attached hydrogens (primary N) is 1. The molecule has 5 aromatic rings. The van der Waals surface area contributed by atoms with E-state index in [-0.39, 0.29) is 18.4 Å². The van der Waals surface area contributed by atoms with E-state index in [1.54, 1.807) is 4.90 Å². The number of benzodiazepines with no additional fused rings is 1. The summed E-state index contributed by atoms with van der Waals surface area (Å²) in [6.45, 7) is 2.33. The van der Waals surface area contributed by atoms with Crippen molar-refractivity contribution in [2.24, 2.45) is 28.5 Å². The molecule has 0 radical (unpaired) electrons. The molecule has 52 heavy (non-hydrogen) atoms. The number of carbonyl (C=O) groups excluding carboxylic acids is 3. The molecular formula is C45H46N4O3. The smallest absolute Gasteiger partial charge is 0.272 e. The number of fused-ring (bicyclic) bond motifs is 2. The quantitative estimate of drug-likeness (QED) is 0.130. The second-order valence-electron chi connectivity index (χ2n) is 14.2. The van der Waals surface area contributed by atoms with E-state index in [9.17, 15) is 14.4 Å². The number of anilines is 1. The first-order valence-electron chi connectivity index (χ1n) is 18.6. The Balaban J connectivity index is 1.26. The summed E-state index contributed by atoms with van der Waals surface area (Å²) >= 11 is 0. The van der Waals surface area contributed by atoms with Gasteiger partial charge >= 0.3 is 0 Å². The number of nitrogens with one attached hydrogen (secondary N) is 1. The average molecular weight is 691 g/mol. The minimum Gasteiger partial charge on any atom is -0.369 e. The van der Waals surface area contributed by atoms with Gasteiger partial charge < -0.3 is 16.0 Å². The SMILES string of the molecule is CCCC[C@H](C(N)=O)[C@@H](CC1CCC1)C(=O)NC1N=C(c2ccccc2)c2ccccc2N(Cc2cccc(-c3ccc4ccccc4c3)c2)C1=O. The van der Waals surface area contributed by atoms with Gasteiger partial charge in [-0.2, -0.15) is 0 Å². The highest BCUT2D eigenvalue weighted by Gasteiger charge is 2.39. The van der Waals surface area contributed by atoms with E-state index < -0.39 is 23.9 Å². The lowest BCUT2D eigenvalue weighted by Gasteiger charge is -2.33. The average Bonchev–Trinajstić information content (AvgIpc) is 3.26. The van der Waals surface area contributed by atoms with Gasteiger partial charge in [-0.3, -0.25) is 14.4 Å². The highest BCUT2D eigenvalue weighted by atomic mass is 16.2. The standard InChI is InChI=1S/C45H46N4O3/c1-2-3-21-37(42(46)50)39(27-30-13-11-14-30)44(51)48-43-45(52)49(40-23-10-9-22-38(40)41(47-43)33-17-5-4-6-18-33)29-31-15-12-20-34(26-31)36-25-24-32-16-7-8-19-35(32)28-36/h4-10,12,15-20,22-26,28,30,37,39,43H,2-3,11,13-14,21,27,29H2,1H3,(H2,46,50)(H,48,51)/t37-,39+,43?/m0/s1. The summed E-state index contributed by atoms with van der Waals surface area (Å²) in [5, 5.41) is 5.39. The lowest BCUT2D eigenvalue weighted by atomic mass is 9.73. The van der Waals surface area contributed by atoms with Gasteiger partial charge in [0.25, 0.3) is 5.91 Å². The van der Waals surface area contributed by atoms with Crippen LogP contribution in [0.25, 0.3) is 21.9 Å². The second-order valence-corrected chi connectivity index (χ2v) is 14.2. The molecule has 0 aromatic heterocycles. The molecule has 1 heterocycles. The monoisotopic (exact) mass is 690 g/mol. The lowest BCUT2D eigenvalue weighted by Crippen LogP contribution is -2.51. The molecule has 0 bridgehead atoms. The summed E-state index contributed by atoms with van der Waals surface area (Å²) in [6.07, 6.45) is 4.78. The Morgan fingerprint density at radius 3 is 2.27 bits per heavy atom. The van der Waals surface area contributed by atoms with Crippen molar-refractivity contribution in [3.63, 3.8) is 0 Å². The van der Waals surface area contributed by atoms with Crippen molar-refractivity contribution < 1.29 is 14.4 Å². The summed E-state index contributed by atoms with van der Waals surface area (Å²) < 4.78 is 0. The van der Waals surface area contributed by atoms with Gasteiger partial charge in [0, 0.05) is 23.0 Å². The minimum absolute atomic E-state index is 0.271. The third kappa shape index (κ3) is 7.54. The molecular weight excluding hydrogens is 645 g/mol. The maximum atomic E-state index is 14.8. The Labute approximate surface area is 306 Å². The summed E-state index contributed by atoms with van der Waals surface area (Å²) in [5.74, 6) is -2.02. The molecule has 1 saturated carbocycles. The molecule has 0 saturated heterocycles. The fraction of sp³-hybridized carbons (Fsp3) is 0.289. The molecule has 3 amide bonds. The van der Waals surface area contributed by atoms with Gasteiger partial charge in [0.1, 0.15) is 0 Å². The van der Waals surface area contributed by atoms with Crippen LogP contribution in [-0.2, 0) is 20.9 Å². The summed E-state index contributed by atoms with van der Waals surface area (Å²) in [6, 6.07) is 40.5. The number of hydrogen-bond acceptors (Lipinski definition) is 4. The number of hydrogen-bond donors (Lipinski definition) is 2. The molecule has 3 atom stereocenters. The van der Waals surface area contributed by atoms with Crippen molar-refractivity contribution >= 4 is 39.9 Å². The number of carbonyl (C=O) groups is 3. The van der Waals surface area contributed by atoms with Crippen LogP contribution >= 0.6 is 0 Å². The Hall–Kier alpha value is -5.56. The predicted octanol–water partition coefficient (Wildman–Crippen LogP) is 8.43. The van der Waals surface area contributed by atoms with E-state index >= 15 is 0 Å². The number of unbranched alkanes of at least 4 members (excludes halogenated alkanes) is 1. The number of primary amides is 1. The number of aliphatic imine (C=N–C) groups is 1. The maximum absolute atomic E-state index is 14.8. The van der Waals surface area contributed by atoms with Crippen molar-refractivity contribution in [1.82, 2.24) is 5.32 Å². The first-order valence-corrected chi connectivity index (χ1v) is 18.6. The largest absolute Gasteiger partial charge is 0.369 e. The van der Waals surface area contributed by atoms with Crippen molar-refractivity contribution in [2.45, 2.75) is 64.6 Å². The van der Waals surface area contributed by atoms with Gasteiger partial charge in [0.2, 0.25) is 18.0 Å². The van der Waals surface area contributed by atoms with Crippen LogP contribution < -0.4 is 16.0 Å². The molecule has 7 heteroatoms. The normalized spacial score (nSPS) is 17.0. The van der Waals surface area contributed by atoms with Crippen LogP contribution in [-0.4, -0.2) is 29.6 Å². The maximum Gasteiger partial charge on any atom is 0.272 e. The van der Waals surface area contributed by atoms with Crippen LogP contribution in [0.15, 0.2) is 126 Å². The van der Waals surface area contributed by atoms with Crippen LogP contribution in [0.4, 0.5) is 5.69 Å². The molecule has 7 nitrogen and oxygen atoms in total. The van der Waals surface area contributed by atoms with Crippen molar-refractivity contribution in [3.05, 3.63) is 138 Å². The predicted molar refractivity (Wildman–Crippen MR) is 209 cm³/mol. The second kappa shape index (κ2) is 15.8. The molecule has 264 valence electrons. The van der Waals surface area contributed by atoms with Crippen LogP contribution in [0.2, 0.25) is 0 Å². The minimum atomic E-state index is -1.21. The Morgan fingerprint density at radius 1 is 0.808 bits per heavy atom. The summed E-state index contributed by atoms with van der Waals surface area (Å²) in [7, 11) is 0. The Morgan fingerprint density at radius 2 is 1.52 bits per heavy atom. The van der Waals surface area contributed by atoms with E-state index in [4.69, 9.17) is 10.7 Å². The first kappa shape index (κ1) is 34.9. The van der Waals surface area contributed by atoms with Gasteiger partial charge in [0.05, 0.1) is 17.9 Å². The van der Waals surface area contributed by atoms with Gasteiger partial charge in [-0.05, 0) is 64.4 Å².